The van der Waals surface area contributed by atoms with Crippen molar-refractivity contribution < 1.29 is 48.1 Å². The smallest absolute Gasteiger partial charge is 1.00 e. The molecular weight excluding hydrogens is 791 g/mol. The normalized spacial score (nSPS) is 13.8. The van der Waals surface area contributed by atoms with Gasteiger partial charge in [-0.25, -0.2) is 0 Å². The van der Waals surface area contributed by atoms with Gasteiger partial charge in [-0.15, -0.1) is 69.1 Å². The molecule has 54 heavy (non-hydrogen) atoms. The molecule has 7 rings (SSSR count). The molecule has 0 nitrogen and oxygen atoms in total. The first-order valence-electron chi connectivity index (χ1n) is 20.3. The van der Waals surface area contributed by atoms with Crippen molar-refractivity contribution in [2.45, 2.75) is 130 Å². The Labute approximate surface area is 355 Å². The predicted octanol–water partition coefficient (Wildman–Crippen LogP) is 9.66. The summed E-state index contributed by atoms with van der Waals surface area (Å²) in [7, 11) is 0. The van der Waals surface area contributed by atoms with Crippen molar-refractivity contribution in [1.29, 1.82) is 0 Å². The second kappa shape index (κ2) is 23.1. The molecule has 0 aromatic heterocycles. The maximum atomic E-state index is 2.43. The van der Waals surface area contributed by atoms with Crippen LogP contribution < -0.4 is 24.8 Å². The van der Waals surface area contributed by atoms with E-state index in [2.05, 4.69) is 157 Å². The standard InChI is InChI=1S/C26H31.C22H25.C2H6Si.2ClH.Zr/c1-3-8-19(2)24-17-23-11-7-12-25(26(23)18-24)22-15-13-21(14-16-22)20-9-5-4-6-10-20;1-4-7-16(3)18-10-12-19(13-11-18)21-9-6-8-20-14-17(5-2)15-22(20)21;1-3-2;;;/h7,11-20H,3-6,8-10H2,1-2H3;6,8-16H,4-5,7H2,1-3H3;1-2H3;2*1H;/q2*-1;;;;+2/p-2. The Morgan fingerprint density at radius 1 is 0.648 bits per heavy atom. The quantitative estimate of drug-likeness (QED) is 0.0952. The van der Waals surface area contributed by atoms with Gasteiger partial charge >= 0.3 is 41.9 Å². The molecule has 0 spiro atoms. The largest absolute Gasteiger partial charge is 1.00 e. The fourth-order valence-corrected chi connectivity index (χ4v) is 8.11. The topological polar surface area (TPSA) is 0 Å². The minimum absolute atomic E-state index is 0. The second-order valence-electron chi connectivity index (χ2n) is 15.6. The maximum Gasteiger partial charge on any atom is -1.00 e. The fraction of sp³-hybridized carbons (Fsp3) is 0.400. The Morgan fingerprint density at radius 2 is 1.15 bits per heavy atom. The number of fused-ring (bicyclic) bond motifs is 2. The molecule has 6 aromatic carbocycles. The maximum absolute atomic E-state index is 2.43. The van der Waals surface area contributed by atoms with Gasteiger partial charge in [0.05, 0.1) is 0 Å². The molecule has 1 fully saturated rings. The van der Waals surface area contributed by atoms with Crippen LogP contribution in [0, 0.1) is 0 Å². The molecule has 286 valence electrons. The minimum Gasteiger partial charge on any atom is -1.00 e. The van der Waals surface area contributed by atoms with Crippen molar-refractivity contribution in [3.8, 4) is 22.3 Å². The molecular formula is C50H62Cl2SiZr-2. The average molecular weight is 853 g/mol. The van der Waals surface area contributed by atoms with E-state index >= 15 is 0 Å². The van der Waals surface area contributed by atoms with Gasteiger partial charge in [-0.3, -0.25) is 0 Å². The average Bonchev–Trinajstić information content (AvgIpc) is 3.81. The Morgan fingerprint density at radius 3 is 1.69 bits per heavy atom. The van der Waals surface area contributed by atoms with Gasteiger partial charge in [0, 0.05) is 0 Å². The minimum atomic E-state index is 0. The van der Waals surface area contributed by atoms with E-state index in [4.69, 9.17) is 0 Å². The van der Waals surface area contributed by atoms with Crippen LogP contribution in [0.5, 0.6) is 0 Å². The summed E-state index contributed by atoms with van der Waals surface area (Å²) in [5.41, 5.74) is 11.5. The zero-order chi connectivity index (χ0) is 37.0. The SMILES string of the molecule is CCCC(C)c1cc2c(-c3ccc(C4CCCCC4)cc3)cccc2[cH-]1.CCCC(C)c1ccc(-c2cccc3[cH-]c(CC)cc23)cc1.C[Si](C)=[Zr+2].[Cl-].[Cl-]. The van der Waals surface area contributed by atoms with Crippen molar-refractivity contribution in [2.24, 2.45) is 0 Å². The van der Waals surface area contributed by atoms with Crippen LogP contribution in [0.1, 0.15) is 132 Å². The van der Waals surface area contributed by atoms with Gasteiger partial charge in [0.25, 0.3) is 0 Å². The van der Waals surface area contributed by atoms with Crippen LogP contribution in [-0.4, -0.2) is 5.43 Å². The summed E-state index contributed by atoms with van der Waals surface area (Å²) >= 11 is 1.74. The second-order valence-corrected chi connectivity index (χ2v) is 25.0. The molecule has 0 bridgehead atoms. The molecule has 2 atom stereocenters. The monoisotopic (exact) mass is 850 g/mol. The van der Waals surface area contributed by atoms with Crippen molar-refractivity contribution in [3.63, 3.8) is 0 Å². The van der Waals surface area contributed by atoms with Gasteiger partial charge in [-0.2, -0.15) is 12.1 Å². The first kappa shape index (κ1) is 46.2. The molecule has 0 heterocycles. The van der Waals surface area contributed by atoms with Crippen LogP contribution in [-0.2, 0) is 29.8 Å². The van der Waals surface area contributed by atoms with Crippen molar-refractivity contribution in [2.75, 3.05) is 0 Å². The Bertz CT molecular complexity index is 1990. The molecule has 0 saturated heterocycles. The van der Waals surface area contributed by atoms with Crippen LogP contribution in [0.3, 0.4) is 0 Å². The molecule has 0 N–H and O–H groups in total. The van der Waals surface area contributed by atoms with Gasteiger partial charge < -0.3 is 24.8 Å². The van der Waals surface area contributed by atoms with Gasteiger partial charge in [0.2, 0.25) is 0 Å². The van der Waals surface area contributed by atoms with Crippen molar-refractivity contribution in [3.05, 3.63) is 131 Å². The first-order chi connectivity index (χ1) is 25.2. The van der Waals surface area contributed by atoms with Crippen LogP contribution in [0.25, 0.3) is 43.8 Å². The van der Waals surface area contributed by atoms with E-state index < -0.39 is 0 Å². The van der Waals surface area contributed by atoms with Gasteiger partial charge in [0.15, 0.2) is 0 Å². The van der Waals surface area contributed by atoms with E-state index in [1.807, 2.05) is 0 Å². The third-order valence-corrected chi connectivity index (χ3v) is 11.1. The Balaban J connectivity index is 0.000000258. The number of hydrogen-bond acceptors (Lipinski definition) is 0. The number of halogens is 2. The number of benzene rings is 4. The summed E-state index contributed by atoms with van der Waals surface area (Å²) in [6, 6.07) is 41.5. The van der Waals surface area contributed by atoms with E-state index in [-0.39, 0.29) is 30.2 Å². The van der Waals surface area contributed by atoms with Crippen LogP contribution in [0.15, 0.2) is 109 Å². The van der Waals surface area contributed by atoms with Crippen molar-refractivity contribution >= 4 is 27.0 Å². The Hall–Kier alpha value is -2.22. The summed E-state index contributed by atoms with van der Waals surface area (Å²) < 4.78 is 0. The van der Waals surface area contributed by atoms with Gasteiger partial charge in [0.1, 0.15) is 0 Å². The van der Waals surface area contributed by atoms with E-state index in [1.54, 1.807) is 28.9 Å². The summed E-state index contributed by atoms with van der Waals surface area (Å²) in [5.74, 6) is 2.09. The molecule has 1 aliphatic rings. The van der Waals surface area contributed by atoms with Gasteiger partial charge in [-0.05, 0) is 72.1 Å². The van der Waals surface area contributed by atoms with E-state index in [1.165, 1.54) is 118 Å². The van der Waals surface area contributed by atoms with Crippen LogP contribution >= 0.6 is 0 Å². The van der Waals surface area contributed by atoms with Crippen LogP contribution in [0.4, 0.5) is 0 Å². The zero-order valence-corrected chi connectivity index (χ0v) is 38.9. The third-order valence-electron chi connectivity index (χ3n) is 11.1. The first-order valence-corrected chi connectivity index (χ1v) is 26.5. The number of rotatable bonds is 10. The zero-order valence-electron chi connectivity index (χ0n) is 34.0. The number of hydrogen-bond donors (Lipinski definition) is 0. The summed E-state index contributed by atoms with van der Waals surface area (Å²) in [5, 5.41) is 5.54. The third kappa shape index (κ3) is 12.4. The molecule has 6 aromatic rings. The van der Waals surface area contributed by atoms with Crippen LogP contribution in [0.2, 0.25) is 13.1 Å². The Kier molecular flexibility index (Phi) is 19.8. The molecule has 0 amide bonds. The van der Waals surface area contributed by atoms with E-state index in [9.17, 15) is 0 Å². The molecule has 0 aliphatic heterocycles. The molecule has 0 radical (unpaired) electrons. The van der Waals surface area contributed by atoms with E-state index in [0.717, 1.165) is 12.3 Å². The van der Waals surface area contributed by atoms with Gasteiger partial charge in [-0.1, -0.05) is 139 Å². The predicted molar refractivity (Wildman–Crippen MR) is 229 cm³/mol. The molecule has 2 unspecified atom stereocenters. The number of aryl methyl sites for hydroxylation is 1. The fourth-order valence-electron chi connectivity index (χ4n) is 8.11. The van der Waals surface area contributed by atoms with Crippen molar-refractivity contribution in [1.82, 2.24) is 0 Å². The molecule has 1 saturated carbocycles. The molecule has 1 aliphatic carbocycles. The summed E-state index contributed by atoms with van der Waals surface area (Å²) in [6.45, 7) is 16.1. The molecule has 4 heteroatoms. The summed E-state index contributed by atoms with van der Waals surface area (Å²) in [4.78, 5) is 0. The van der Waals surface area contributed by atoms with E-state index in [0.29, 0.717) is 11.8 Å². The summed E-state index contributed by atoms with van der Waals surface area (Å²) in [6.07, 6.45) is 13.1.